The van der Waals surface area contributed by atoms with Crippen LogP contribution < -0.4 is 10.4 Å². The number of unbranched alkanes of at least 4 members (excludes halogenated alkanes) is 1. The Hall–Kier alpha value is -4.24. The van der Waals surface area contributed by atoms with Crippen LogP contribution in [0.4, 0.5) is 0 Å². The molecule has 0 aliphatic rings. The smallest absolute Gasteiger partial charge is 0.351 e. The van der Waals surface area contributed by atoms with Crippen molar-refractivity contribution in [3.63, 3.8) is 0 Å². The minimum Gasteiger partial charge on any atom is -0.478 e. The quantitative estimate of drug-likeness (QED) is 0.287. The maximum absolute atomic E-state index is 13.4. The molecule has 1 unspecified atom stereocenters. The van der Waals surface area contributed by atoms with E-state index in [4.69, 9.17) is 16.3 Å². The Bertz CT molecular complexity index is 1500. The first-order valence-corrected chi connectivity index (χ1v) is 12.5. The molecule has 0 bridgehead atoms. The van der Waals surface area contributed by atoms with Crippen LogP contribution in [0.5, 0.6) is 5.75 Å². The van der Waals surface area contributed by atoms with E-state index in [-0.39, 0.29) is 5.69 Å². The number of aromatic nitrogens is 7. The van der Waals surface area contributed by atoms with Gasteiger partial charge in [-0.1, -0.05) is 84.8 Å². The number of ether oxygens (including phenoxy) is 1. The van der Waals surface area contributed by atoms with E-state index in [0.717, 1.165) is 29.8 Å². The minimum atomic E-state index is -0.511. The largest absolute Gasteiger partial charge is 0.478 e. The van der Waals surface area contributed by atoms with E-state index in [1.54, 1.807) is 16.7 Å². The van der Waals surface area contributed by atoms with Gasteiger partial charge in [-0.05, 0) is 36.2 Å². The number of aromatic amines is 1. The SMILES string of the molecule is CCCCc1nn(-c2ccccc2Cl)c(=O)n1Cc1ccc(OC(c2ccccc2)c2nn[nH]n2)cc1. The molecule has 1 N–H and O–H groups in total. The third-order valence-corrected chi connectivity index (χ3v) is 6.31. The summed E-state index contributed by atoms with van der Waals surface area (Å²) < 4.78 is 9.34. The second-order valence-corrected chi connectivity index (χ2v) is 8.98. The lowest BCUT2D eigenvalue weighted by Gasteiger charge is -2.16. The van der Waals surface area contributed by atoms with Crippen molar-refractivity contribution < 1.29 is 4.74 Å². The summed E-state index contributed by atoms with van der Waals surface area (Å²) in [7, 11) is 0. The van der Waals surface area contributed by atoms with Crippen molar-refractivity contribution >= 4 is 11.6 Å². The summed E-state index contributed by atoms with van der Waals surface area (Å²) in [5.41, 5.74) is 2.21. The van der Waals surface area contributed by atoms with Crippen molar-refractivity contribution in [1.29, 1.82) is 0 Å². The molecule has 10 heteroatoms. The molecule has 1 atom stereocenters. The number of benzene rings is 3. The number of H-pyrrole nitrogens is 1. The lowest BCUT2D eigenvalue weighted by atomic mass is 10.1. The summed E-state index contributed by atoms with van der Waals surface area (Å²) in [5.74, 6) is 1.82. The number of rotatable bonds is 10. The van der Waals surface area contributed by atoms with Gasteiger partial charge in [-0.3, -0.25) is 4.57 Å². The van der Waals surface area contributed by atoms with E-state index in [2.05, 4.69) is 32.6 Å². The van der Waals surface area contributed by atoms with Crippen LogP contribution in [-0.2, 0) is 13.0 Å². The lowest BCUT2D eigenvalue weighted by Crippen LogP contribution is -2.25. The van der Waals surface area contributed by atoms with Crippen LogP contribution in [-0.4, -0.2) is 35.0 Å². The highest BCUT2D eigenvalue weighted by atomic mass is 35.5. The number of aryl methyl sites for hydroxylation is 1. The molecular weight excluding hydrogens is 490 g/mol. The highest BCUT2D eigenvalue weighted by Crippen LogP contribution is 2.26. The fraction of sp³-hybridized carbons (Fsp3) is 0.222. The van der Waals surface area contributed by atoms with Gasteiger partial charge in [0.25, 0.3) is 0 Å². The van der Waals surface area contributed by atoms with Crippen LogP contribution in [0.25, 0.3) is 5.69 Å². The highest BCUT2D eigenvalue weighted by molar-refractivity contribution is 6.32. The van der Waals surface area contributed by atoms with Crippen LogP contribution >= 0.6 is 11.6 Å². The zero-order valence-corrected chi connectivity index (χ0v) is 21.0. The Kier molecular flexibility index (Phi) is 7.41. The van der Waals surface area contributed by atoms with Crippen LogP contribution in [0, 0.1) is 0 Å². The standard InChI is InChI=1S/C27H26ClN7O2/c1-2-3-13-24-31-35(23-12-8-7-11-22(23)28)27(36)34(24)18-19-14-16-21(17-15-19)37-25(26-29-32-33-30-26)20-9-5-4-6-10-20/h4-12,14-17,25H,2-3,13,18H2,1H3,(H,29,30,32,33). The molecule has 5 rings (SSSR count). The first-order chi connectivity index (χ1) is 18.1. The van der Waals surface area contributed by atoms with Gasteiger partial charge in [0.1, 0.15) is 11.6 Å². The molecule has 3 aromatic carbocycles. The average Bonchev–Trinajstić information content (AvgIpc) is 3.57. The molecule has 37 heavy (non-hydrogen) atoms. The van der Waals surface area contributed by atoms with Crippen LogP contribution in [0.3, 0.4) is 0 Å². The summed E-state index contributed by atoms with van der Waals surface area (Å²) in [5, 5.41) is 19.5. The van der Waals surface area contributed by atoms with E-state index < -0.39 is 6.10 Å². The Morgan fingerprint density at radius 1 is 1.00 bits per heavy atom. The summed E-state index contributed by atoms with van der Waals surface area (Å²) in [6.07, 6.45) is 2.13. The van der Waals surface area contributed by atoms with Gasteiger partial charge in [0, 0.05) is 12.0 Å². The molecule has 0 aliphatic carbocycles. The fourth-order valence-corrected chi connectivity index (χ4v) is 4.28. The number of para-hydroxylation sites is 1. The van der Waals surface area contributed by atoms with E-state index in [1.807, 2.05) is 66.7 Å². The number of hydrogen-bond acceptors (Lipinski definition) is 6. The molecule has 2 aromatic heterocycles. The molecule has 0 aliphatic heterocycles. The zero-order valence-electron chi connectivity index (χ0n) is 20.3. The van der Waals surface area contributed by atoms with Gasteiger partial charge >= 0.3 is 5.69 Å². The highest BCUT2D eigenvalue weighted by Gasteiger charge is 2.21. The topological polar surface area (TPSA) is 104 Å². The lowest BCUT2D eigenvalue weighted by molar-refractivity contribution is 0.237. The van der Waals surface area contributed by atoms with Gasteiger partial charge in [-0.2, -0.15) is 9.90 Å². The van der Waals surface area contributed by atoms with Gasteiger partial charge < -0.3 is 4.74 Å². The monoisotopic (exact) mass is 515 g/mol. The summed E-state index contributed by atoms with van der Waals surface area (Å²) in [6, 6.07) is 24.6. The predicted molar refractivity (Wildman–Crippen MR) is 140 cm³/mol. The third-order valence-electron chi connectivity index (χ3n) is 5.99. The van der Waals surface area contributed by atoms with E-state index in [0.29, 0.717) is 35.2 Å². The normalized spacial score (nSPS) is 11.9. The average molecular weight is 516 g/mol. The molecule has 2 heterocycles. The van der Waals surface area contributed by atoms with E-state index >= 15 is 0 Å². The van der Waals surface area contributed by atoms with Crippen molar-refractivity contribution in [3.05, 3.63) is 117 Å². The molecule has 0 saturated heterocycles. The van der Waals surface area contributed by atoms with Gasteiger partial charge in [-0.25, -0.2) is 4.79 Å². The minimum absolute atomic E-state index is 0.222. The Morgan fingerprint density at radius 3 is 2.46 bits per heavy atom. The number of tetrazole rings is 1. The van der Waals surface area contributed by atoms with Crippen molar-refractivity contribution in [2.24, 2.45) is 0 Å². The molecule has 5 aromatic rings. The molecule has 0 amide bonds. The number of nitrogens with one attached hydrogen (secondary N) is 1. The summed E-state index contributed by atoms with van der Waals surface area (Å²) in [6.45, 7) is 2.50. The summed E-state index contributed by atoms with van der Waals surface area (Å²) >= 11 is 6.36. The maximum atomic E-state index is 13.4. The van der Waals surface area contributed by atoms with Crippen molar-refractivity contribution in [3.8, 4) is 11.4 Å². The van der Waals surface area contributed by atoms with Gasteiger partial charge in [0.2, 0.25) is 5.82 Å². The molecule has 0 saturated carbocycles. The molecular formula is C27H26ClN7O2. The van der Waals surface area contributed by atoms with Gasteiger partial charge in [0.15, 0.2) is 6.10 Å². The Morgan fingerprint density at radius 2 is 1.76 bits per heavy atom. The van der Waals surface area contributed by atoms with Crippen molar-refractivity contribution in [2.75, 3.05) is 0 Å². The number of halogens is 1. The van der Waals surface area contributed by atoms with E-state index in [1.165, 1.54) is 4.68 Å². The number of nitrogens with zero attached hydrogens (tertiary/aromatic N) is 6. The molecule has 0 fully saturated rings. The summed E-state index contributed by atoms with van der Waals surface area (Å²) in [4.78, 5) is 13.4. The van der Waals surface area contributed by atoms with Crippen molar-refractivity contribution in [2.45, 2.75) is 38.8 Å². The molecule has 0 radical (unpaired) electrons. The van der Waals surface area contributed by atoms with Crippen LogP contribution in [0.1, 0.15) is 48.6 Å². The Balaban J connectivity index is 1.40. The maximum Gasteiger partial charge on any atom is 0.351 e. The number of hydrogen-bond donors (Lipinski definition) is 1. The predicted octanol–water partition coefficient (Wildman–Crippen LogP) is 4.76. The molecule has 0 spiro atoms. The van der Waals surface area contributed by atoms with Gasteiger partial charge in [-0.15, -0.1) is 15.3 Å². The fourth-order valence-electron chi connectivity index (χ4n) is 4.07. The second-order valence-electron chi connectivity index (χ2n) is 8.57. The second kappa shape index (κ2) is 11.2. The van der Waals surface area contributed by atoms with Crippen LogP contribution in [0.2, 0.25) is 5.02 Å². The van der Waals surface area contributed by atoms with Crippen LogP contribution in [0.15, 0.2) is 83.7 Å². The van der Waals surface area contributed by atoms with Crippen molar-refractivity contribution in [1.82, 2.24) is 35.0 Å². The zero-order chi connectivity index (χ0) is 25.6. The molecule has 188 valence electrons. The third kappa shape index (κ3) is 5.46. The molecule has 9 nitrogen and oxygen atoms in total. The van der Waals surface area contributed by atoms with Gasteiger partial charge in [0.05, 0.1) is 17.3 Å². The Labute approximate surface area is 218 Å². The van der Waals surface area contributed by atoms with E-state index in [9.17, 15) is 4.79 Å². The first-order valence-electron chi connectivity index (χ1n) is 12.1. The first kappa shape index (κ1) is 24.5.